The summed E-state index contributed by atoms with van der Waals surface area (Å²) < 4.78 is 0.984. The van der Waals surface area contributed by atoms with Crippen molar-refractivity contribution in [2.45, 2.75) is 10.4 Å². The number of rotatable bonds is 4. The zero-order chi connectivity index (χ0) is 8.10. The van der Waals surface area contributed by atoms with Crippen LogP contribution in [0.4, 0.5) is 0 Å². The van der Waals surface area contributed by atoms with Crippen molar-refractivity contribution in [3.8, 4) is 0 Å². The molecular weight excluding hydrogens is 180 g/mol. The molecule has 11 heavy (non-hydrogen) atoms. The van der Waals surface area contributed by atoms with E-state index in [9.17, 15) is 0 Å². The van der Waals surface area contributed by atoms with E-state index in [1.54, 1.807) is 17.5 Å². The van der Waals surface area contributed by atoms with Crippen LogP contribution in [0.2, 0.25) is 0 Å². The van der Waals surface area contributed by atoms with Crippen molar-refractivity contribution in [3.63, 3.8) is 0 Å². The van der Waals surface area contributed by atoms with Crippen molar-refractivity contribution in [1.82, 2.24) is 4.98 Å². The molecule has 1 unspecified atom stereocenters. The number of aromatic nitrogens is 1. The minimum Gasteiger partial charge on any atom is -0.391 e. The molecule has 3 N–H and O–H groups in total. The molecule has 0 radical (unpaired) electrons. The Labute approximate surface area is 73.6 Å². The van der Waals surface area contributed by atoms with Crippen molar-refractivity contribution in [1.29, 1.82) is 0 Å². The molecular formula is C6H10N2OS2. The fraction of sp³-hybridized carbons (Fsp3) is 0.500. The van der Waals surface area contributed by atoms with E-state index in [1.165, 1.54) is 11.8 Å². The largest absolute Gasteiger partial charge is 0.391 e. The van der Waals surface area contributed by atoms with Crippen molar-refractivity contribution < 1.29 is 5.11 Å². The summed E-state index contributed by atoms with van der Waals surface area (Å²) in [7, 11) is 0. The molecule has 3 nitrogen and oxygen atoms in total. The summed E-state index contributed by atoms with van der Waals surface area (Å²) in [6.45, 7) is 0.318. The Hall–Kier alpha value is -0.100. The molecule has 62 valence electrons. The smallest absolute Gasteiger partial charge is 0.149 e. The third-order valence-corrected chi connectivity index (χ3v) is 3.19. The number of nitrogens with two attached hydrogens (primary N) is 1. The Morgan fingerprint density at radius 3 is 3.18 bits per heavy atom. The molecule has 0 aliphatic heterocycles. The Morgan fingerprint density at radius 1 is 1.82 bits per heavy atom. The second-order valence-corrected chi connectivity index (χ2v) is 4.16. The number of thioether (sulfide) groups is 1. The molecule has 0 amide bonds. The van der Waals surface area contributed by atoms with Crippen LogP contribution in [0, 0.1) is 0 Å². The van der Waals surface area contributed by atoms with Crippen molar-refractivity contribution in [2.75, 3.05) is 12.3 Å². The summed E-state index contributed by atoms with van der Waals surface area (Å²) in [5.41, 5.74) is 5.23. The van der Waals surface area contributed by atoms with Gasteiger partial charge in [-0.05, 0) is 0 Å². The number of aliphatic hydroxyl groups is 1. The van der Waals surface area contributed by atoms with E-state index in [0.717, 1.165) is 4.34 Å². The molecule has 1 atom stereocenters. The van der Waals surface area contributed by atoms with Crippen LogP contribution in [-0.4, -0.2) is 28.5 Å². The molecule has 0 saturated heterocycles. The predicted molar refractivity (Wildman–Crippen MR) is 47.9 cm³/mol. The third-order valence-electron chi connectivity index (χ3n) is 1.08. The lowest BCUT2D eigenvalue weighted by atomic mass is 10.4. The first kappa shape index (κ1) is 8.99. The number of thiazole rings is 1. The van der Waals surface area contributed by atoms with Gasteiger partial charge in [0.25, 0.3) is 0 Å². The summed E-state index contributed by atoms with van der Waals surface area (Å²) in [6.07, 6.45) is 1.34. The molecule has 0 spiro atoms. The fourth-order valence-electron chi connectivity index (χ4n) is 0.517. The molecule has 0 bridgehead atoms. The maximum Gasteiger partial charge on any atom is 0.149 e. The van der Waals surface area contributed by atoms with Gasteiger partial charge in [0.1, 0.15) is 4.34 Å². The van der Waals surface area contributed by atoms with E-state index in [2.05, 4.69) is 4.98 Å². The molecule has 1 heterocycles. The van der Waals surface area contributed by atoms with Crippen LogP contribution in [0.3, 0.4) is 0 Å². The topological polar surface area (TPSA) is 59.1 Å². The van der Waals surface area contributed by atoms with Gasteiger partial charge in [-0.1, -0.05) is 11.8 Å². The van der Waals surface area contributed by atoms with E-state index in [0.29, 0.717) is 12.3 Å². The summed E-state index contributed by atoms with van der Waals surface area (Å²) in [5, 5.41) is 11.0. The van der Waals surface area contributed by atoms with Crippen LogP contribution in [0.1, 0.15) is 0 Å². The van der Waals surface area contributed by atoms with Gasteiger partial charge < -0.3 is 10.8 Å². The Bertz CT molecular complexity index is 190. The van der Waals surface area contributed by atoms with Crippen LogP contribution in [0.5, 0.6) is 0 Å². The first-order valence-corrected chi connectivity index (χ1v) is 5.10. The highest BCUT2D eigenvalue weighted by molar-refractivity contribution is 8.01. The molecule has 5 heteroatoms. The number of hydrogen-bond donors (Lipinski definition) is 2. The number of nitrogens with zero attached hydrogens (tertiary/aromatic N) is 1. The van der Waals surface area contributed by atoms with Crippen molar-refractivity contribution in [2.24, 2.45) is 5.73 Å². The van der Waals surface area contributed by atoms with E-state index in [1.807, 2.05) is 5.38 Å². The maximum absolute atomic E-state index is 9.09. The highest BCUT2D eigenvalue weighted by Gasteiger charge is 2.02. The highest BCUT2D eigenvalue weighted by atomic mass is 32.2. The van der Waals surface area contributed by atoms with Gasteiger partial charge in [-0.3, -0.25) is 0 Å². The summed E-state index contributed by atoms with van der Waals surface area (Å²) in [4.78, 5) is 4.05. The SMILES string of the molecule is NCC(O)CSc1nccs1. The Kier molecular flexibility index (Phi) is 3.85. The van der Waals surface area contributed by atoms with Gasteiger partial charge >= 0.3 is 0 Å². The van der Waals surface area contributed by atoms with Gasteiger partial charge in [0.05, 0.1) is 6.10 Å². The van der Waals surface area contributed by atoms with Crippen LogP contribution < -0.4 is 5.73 Å². The average molecular weight is 190 g/mol. The van der Waals surface area contributed by atoms with Gasteiger partial charge in [-0.15, -0.1) is 11.3 Å². The van der Waals surface area contributed by atoms with Crippen molar-refractivity contribution >= 4 is 23.1 Å². The van der Waals surface area contributed by atoms with E-state index in [-0.39, 0.29) is 0 Å². The lowest BCUT2D eigenvalue weighted by Gasteiger charge is -2.03. The van der Waals surface area contributed by atoms with E-state index >= 15 is 0 Å². The summed E-state index contributed by atoms with van der Waals surface area (Å²) >= 11 is 3.11. The zero-order valence-corrected chi connectivity index (χ0v) is 7.57. The Morgan fingerprint density at radius 2 is 2.64 bits per heavy atom. The molecule has 0 aliphatic carbocycles. The lowest BCUT2D eigenvalue weighted by Crippen LogP contribution is -2.21. The lowest BCUT2D eigenvalue weighted by molar-refractivity contribution is 0.208. The number of aliphatic hydroxyl groups excluding tert-OH is 1. The van der Waals surface area contributed by atoms with E-state index in [4.69, 9.17) is 10.8 Å². The van der Waals surface area contributed by atoms with E-state index < -0.39 is 6.10 Å². The highest BCUT2D eigenvalue weighted by Crippen LogP contribution is 2.20. The monoisotopic (exact) mass is 190 g/mol. The summed E-state index contributed by atoms with van der Waals surface area (Å²) in [6, 6.07) is 0. The normalized spacial score (nSPS) is 13.3. The van der Waals surface area contributed by atoms with Crippen LogP contribution in [0.25, 0.3) is 0 Å². The third kappa shape index (κ3) is 3.20. The van der Waals surface area contributed by atoms with Gasteiger partial charge in [0.2, 0.25) is 0 Å². The average Bonchev–Trinajstić information content (AvgIpc) is 2.52. The van der Waals surface area contributed by atoms with Gasteiger partial charge in [-0.25, -0.2) is 4.98 Å². The fourth-order valence-corrected chi connectivity index (χ4v) is 2.13. The van der Waals surface area contributed by atoms with Crippen LogP contribution >= 0.6 is 23.1 Å². The minimum atomic E-state index is -0.413. The second kappa shape index (κ2) is 4.71. The molecule has 0 saturated carbocycles. The number of hydrogen-bond acceptors (Lipinski definition) is 5. The predicted octanol–water partition coefficient (Wildman–Crippen LogP) is 0.555. The first-order chi connectivity index (χ1) is 5.33. The maximum atomic E-state index is 9.09. The van der Waals surface area contributed by atoms with Crippen molar-refractivity contribution in [3.05, 3.63) is 11.6 Å². The van der Waals surface area contributed by atoms with Crippen LogP contribution in [-0.2, 0) is 0 Å². The first-order valence-electron chi connectivity index (χ1n) is 3.23. The minimum absolute atomic E-state index is 0.318. The quantitative estimate of drug-likeness (QED) is 0.681. The molecule has 1 aromatic rings. The molecule has 1 rings (SSSR count). The Balaban J connectivity index is 2.23. The van der Waals surface area contributed by atoms with Gasteiger partial charge in [0, 0.05) is 23.9 Å². The van der Waals surface area contributed by atoms with Gasteiger partial charge in [0.15, 0.2) is 0 Å². The molecule has 0 fully saturated rings. The molecule has 0 aliphatic rings. The molecule has 1 aromatic heterocycles. The zero-order valence-electron chi connectivity index (χ0n) is 5.93. The van der Waals surface area contributed by atoms with Crippen LogP contribution in [0.15, 0.2) is 15.9 Å². The summed E-state index contributed by atoms with van der Waals surface area (Å²) in [5.74, 6) is 0.629. The standard InChI is InChI=1S/C6H10N2OS2/c7-3-5(9)4-11-6-8-1-2-10-6/h1-2,5,9H,3-4,7H2. The second-order valence-electron chi connectivity index (χ2n) is 2.00. The molecule has 0 aromatic carbocycles. The van der Waals surface area contributed by atoms with Gasteiger partial charge in [-0.2, -0.15) is 0 Å².